The third kappa shape index (κ3) is 3.13. The summed E-state index contributed by atoms with van der Waals surface area (Å²) in [4.78, 5) is 4.33. The maximum atomic E-state index is 6.37. The summed E-state index contributed by atoms with van der Waals surface area (Å²) in [6.07, 6.45) is 0. The molecule has 0 N–H and O–H groups in total. The van der Waals surface area contributed by atoms with E-state index in [9.17, 15) is 0 Å². The largest absolute Gasteiger partial charge is 0.453 e. The van der Waals surface area contributed by atoms with Crippen LogP contribution in [0.1, 0.15) is 0 Å². The van der Waals surface area contributed by atoms with E-state index in [2.05, 4.69) is 47.4 Å². The molecule has 0 atom stereocenters. The molecule has 0 unspecified atom stereocenters. The molecule has 1 aliphatic rings. The van der Waals surface area contributed by atoms with Gasteiger partial charge in [-0.05, 0) is 54.6 Å². The highest BCUT2D eigenvalue weighted by atomic mass is 35.5. The average Bonchev–Trinajstić information content (AvgIpc) is 2.74. The highest BCUT2D eigenvalue weighted by Crippen LogP contribution is 2.53. The summed E-state index contributed by atoms with van der Waals surface area (Å²) < 4.78 is 6.37. The average molecular weight is 402 g/mol. The first-order valence-electron chi connectivity index (χ1n) is 8.98. The van der Waals surface area contributed by atoms with Crippen LogP contribution in [0.25, 0.3) is 0 Å². The van der Waals surface area contributed by atoms with Crippen LogP contribution in [0.3, 0.4) is 0 Å². The third-order valence-electron chi connectivity index (χ3n) is 4.57. The van der Waals surface area contributed by atoms with Gasteiger partial charge in [0.2, 0.25) is 0 Å². The van der Waals surface area contributed by atoms with E-state index in [1.807, 2.05) is 54.6 Å². The van der Waals surface area contributed by atoms with E-state index in [-0.39, 0.29) is 0 Å². The molecular formula is C24H16ClNOS. The van der Waals surface area contributed by atoms with Crippen molar-refractivity contribution in [1.82, 2.24) is 0 Å². The molecule has 0 amide bonds. The summed E-state index contributed by atoms with van der Waals surface area (Å²) in [5.41, 5.74) is 3.17. The lowest BCUT2D eigenvalue weighted by Gasteiger charge is -2.30. The molecule has 0 aromatic heterocycles. The molecule has 136 valence electrons. The Hall–Kier alpha value is -2.88. The zero-order valence-corrected chi connectivity index (χ0v) is 16.5. The van der Waals surface area contributed by atoms with E-state index in [0.29, 0.717) is 5.02 Å². The number of rotatable bonds is 3. The van der Waals surface area contributed by atoms with Gasteiger partial charge in [0.05, 0.1) is 15.5 Å². The second kappa shape index (κ2) is 7.27. The summed E-state index contributed by atoms with van der Waals surface area (Å²) in [7, 11) is 0. The minimum atomic E-state index is 0.713. The van der Waals surface area contributed by atoms with Crippen molar-refractivity contribution < 1.29 is 4.74 Å². The molecular weight excluding hydrogens is 386 g/mol. The molecule has 4 heteroatoms. The molecule has 0 bridgehead atoms. The SMILES string of the molecule is Clc1ccc2c(c1)Sc1cccc(N(c3ccccc3)c3ccccc3)c1O2. The van der Waals surface area contributed by atoms with Crippen LogP contribution in [0.5, 0.6) is 11.5 Å². The van der Waals surface area contributed by atoms with Gasteiger partial charge in [0, 0.05) is 16.4 Å². The predicted molar refractivity (Wildman–Crippen MR) is 117 cm³/mol. The topological polar surface area (TPSA) is 12.5 Å². The van der Waals surface area contributed by atoms with Crippen LogP contribution >= 0.6 is 23.4 Å². The number of halogens is 1. The Morgan fingerprint density at radius 1 is 0.679 bits per heavy atom. The van der Waals surface area contributed by atoms with Crippen LogP contribution in [0.15, 0.2) is 107 Å². The molecule has 4 aromatic rings. The summed E-state index contributed by atoms with van der Waals surface area (Å²) in [5.74, 6) is 1.69. The lowest BCUT2D eigenvalue weighted by atomic mass is 10.1. The Morgan fingerprint density at radius 2 is 1.36 bits per heavy atom. The Balaban J connectivity index is 1.67. The predicted octanol–water partition coefficient (Wildman–Crippen LogP) is 8.07. The molecule has 0 saturated carbocycles. The minimum absolute atomic E-state index is 0.713. The van der Waals surface area contributed by atoms with Crippen molar-refractivity contribution in [3.8, 4) is 11.5 Å². The van der Waals surface area contributed by atoms with Gasteiger partial charge in [-0.3, -0.25) is 0 Å². The van der Waals surface area contributed by atoms with Crippen molar-refractivity contribution in [3.05, 3.63) is 102 Å². The minimum Gasteiger partial charge on any atom is -0.453 e. The Labute approximate surface area is 173 Å². The molecule has 1 heterocycles. The molecule has 1 aliphatic heterocycles. The van der Waals surface area contributed by atoms with Crippen LogP contribution in [-0.4, -0.2) is 0 Å². The maximum absolute atomic E-state index is 6.37. The highest BCUT2D eigenvalue weighted by molar-refractivity contribution is 7.99. The second-order valence-electron chi connectivity index (χ2n) is 6.41. The Bertz CT molecular complexity index is 1090. The van der Waals surface area contributed by atoms with Gasteiger partial charge < -0.3 is 9.64 Å². The monoisotopic (exact) mass is 401 g/mol. The highest BCUT2D eigenvalue weighted by Gasteiger charge is 2.25. The number of ether oxygens (including phenoxy) is 1. The van der Waals surface area contributed by atoms with Crippen molar-refractivity contribution in [2.45, 2.75) is 9.79 Å². The first-order chi connectivity index (χ1) is 13.8. The van der Waals surface area contributed by atoms with Crippen LogP contribution < -0.4 is 9.64 Å². The van der Waals surface area contributed by atoms with Gasteiger partial charge in [0.15, 0.2) is 5.75 Å². The lowest BCUT2D eigenvalue weighted by molar-refractivity contribution is 0.456. The lowest BCUT2D eigenvalue weighted by Crippen LogP contribution is -2.12. The maximum Gasteiger partial charge on any atom is 0.165 e. The van der Waals surface area contributed by atoms with E-state index >= 15 is 0 Å². The summed E-state index contributed by atoms with van der Waals surface area (Å²) in [5, 5.41) is 0.713. The Morgan fingerprint density at radius 3 is 2.04 bits per heavy atom. The summed E-state index contributed by atoms with van der Waals surface area (Å²) >= 11 is 7.85. The zero-order valence-electron chi connectivity index (χ0n) is 14.9. The second-order valence-corrected chi connectivity index (χ2v) is 7.93. The van der Waals surface area contributed by atoms with E-state index in [1.54, 1.807) is 11.8 Å². The molecule has 5 rings (SSSR count). The molecule has 2 nitrogen and oxygen atoms in total. The van der Waals surface area contributed by atoms with Gasteiger partial charge in [0.25, 0.3) is 0 Å². The quantitative estimate of drug-likeness (QED) is 0.303. The van der Waals surface area contributed by atoms with Gasteiger partial charge in [0.1, 0.15) is 5.75 Å². The van der Waals surface area contributed by atoms with Gasteiger partial charge >= 0.3 is 0 Å². The van der Waals surface area contributed by atoms with Crippen molar-refractivity contribution in [2.24, 2.45) is 0 Å². The third-order valence-corrected chi connectivity index (χ3v) is 5.88. The first kappa shape index (κ1) is 17.2. The molecule has 28 heavy (non-hydrogen) atoms. The van der Waals surface area contributed by atoms with Crippen molar-refractivity contribution >= 4 is 40.4 Å². The molecule has 0 spiro atoms. The number of nitrogens with zero attached hydrogens (tertiary/aromatic N) is 1. The molecule has 0 aliphatic carbocycles. The molecule has 4 aromatic carbocycles. The fourth-order valence-electron chi connectivity index (χ4n) is 3.32. The van der Waals surface area contributed by atoms with E-state index < -0.39 is 0 Å². The van der Waals surface area contributed by atoms with Gasteiger partial charge in [-0.2, -0.15) is 0 Å². The van der Waals surface area contributed by atoms with E-state index in [4.69, 9.17) is 16.3 Å². The molecule has 0 saturated heterocycles. The van der Waals surface area contributed by atoms with Crippen LogP contribution in [0.2, 0.25) is 5.02 Å². The van der Waals surface area contributed by atoms with Crippen molar-refractivity contribution in [1.29, 1.82) is 0 Å². The normalized spacial score (nSPS) is 11.9. The molecule has 0 radical (unpaired) electrons. The van der Waals surface area contributed by atoms with Gasteiger partial charge in [-0.15, -0.1) is 0 Å². The standard InChI is InChI=1S/C24H16ClNOS/c25-17-14-15-21-23(16-17)28-22-13-7-12-20(24(22)27-21)26(18-8-3-1-4-9-18)19-10-5-2-6-11-19/h1-16H. The van der Waals surface area contributed by atoms with Crippen LogP contribution in [-0.2, 0) is 0 Å². The van der Waals surface area contributed by atoms with Crippen molar-refractivity contribution in [2.75, 3.05) is 4.90 Å². The molecule has 0 fully saturated rings. The van der Waals surface area contributed by atoms with E-state index in [1.165, 1.54) is 0 Å². The number of fused-ring (bicyclic) bond motifs is 2. The zero-order chi connectivity index (χ0) is 18.9. The first-order valence-corrected chi connectivity index (χ1v) is 10.2. The van der Waals surface area contributed by atoms with Gasteiger partial charge in [-0.25, -0.2) is 0 Å². The van der Waals surface area contributed by atoms with Crippen molar-refractivity contribution in [3.63, 3.8) is 0 Å². The smallest absolute Gasteiger partial charge is 0.165 e. The van der Waals surface area contributed by atoms with Crippen LogP contribution in [0.4, 0.5) is 17.1 Å². The van der Waals surface area contributed by atoms with Gasteiger partial charge in [-0.1, -0.05) is 65.8 Å². The fraction of sp³-hybridized carbons (Fsp3) is 0. The number of benzene rings is 4. The number of hydrogen-bond acceptors (Lipinski definition) is 3. The number of hydrogen-bond donors (Lipinski definition) is 0. The Kier molecular flexibility index (Phi) is 4.47. The fourth-order valence-corrected chi connectivity index (χ4v) is 4.57. The number of anilines is 3. The summed E-state index contributed by atoms with van der Waals surface area (Å²) in [6, 6.07) is 32.7. The number of para-hydroxylation sites is 3. The summed E-state index contributed by atoms with van der Waals surface area (Å²) in [6.45, 7) is 0. The van der Waals surface area contributed by atoms with E-state index in [0.717, 1.165) is 38.4 Å². The van der Waals surface area contributed by atoms with Crippen LogP contribution in [0, 0.1) is 0 Å².